The van der Waals surface area contributed by atoms with E-state index in [0.29, 0.717) is 30.4 Å². The lowest BCUT2D eigenvalue weighted by Gasteiger charge is -2.29. The Labute approximate surface area is 190 Å². The van der Waals surface area contributed by atoms with E-state index in [-0.39, 0.29) is 18.2 Å². The molecule has 1 N–H and O–H groups in total. The Morgan fingerprint density at radius 2 is 2.03 bits per heavy atom. The minimum atomic E-state index is -0.722. The highest BCUT2D eigenvalue weighted by atomic mass is 16.5. The zero-order valence-electron chi connectivity index (χ0n) is 18.9. The van der Waals surface area contributed by atoms with Crippen LogP contribution in [0.5, 0.6) is 0 Å². The average molecular weight is 447 g/mol. The van der Waals surface area contributed by atoms with Gasteiger partial charge in [0.1, 0.15) is 5.69 Å². The molecule has 0 saturated carbocycles. The van der Waals surface area contributed by atoms with Crippen molar-refractivity contribution in [3.05, 3.63) is 69.5 Å². The van der Waals surface area contributed by atoms with Crippen LogP contribution in [-0.2, 0) is 18.2 Å². The summed E-state index contributed by atoms with van der Waals surface area (Å²) in [7, 11) is 1.82. The van der Waals surface area contributed by atoms with Gasteiger partial charge in [-0.25, -0.2) is 4.98 Å². The smallest absolute Gasteiger partial charge is 0.261 e. The number of benzene rings is 1. The number of fused-ring (bicyclic) bond motifs is 1. The fourth-order valence-electron chi connectivity index (χ4n) is 4.43. The Morgan fingerprint density at radius 1 is 1.18 bits per heavy atom. The molecule has 1 aromatic carbocycles. The predicted molar refractivity (Wildman–Crippen MR) is 123 cm³/mol. The molecule has 1 saturated heterocycles. The Bertz CT molecular complexity index is 1380. The molecular formula is C24H26N6O3. The molecule has 170 valence electrons. The first-order valence-electron chi connectivity index (χ1n) is 11.0. The lowest BCUT2D eigenvalue weighted by molar-refractivity contribution is -0.0395. The van der Waals surface area contributed by atoms with Gasteiger partial charge in [0.15, 0.2) is 0 Å². The van der Waals surface area contributed by atoms with Gasteiger partial charge in [0, 0.05) is 19.9 Å². The molecule has 0 aliphatic carbocycles. The monoisotopic (exact) mass is 446 g/mol. The Hall–Kier alpha value is -3.43. The average Bonchev–Trinajstić information content (AvgIpc) is 3.25. The molecule has 0 spiro atoms. The Kier molecular flexibility index (Phi) is 5.51. The number of nitrogens with zero attached hydrogens (tertiary/aromatic N) is 6. The largest absolute Gasteiger partial charge is 0.389 e. The van der Waals surface area contributed by atoms with Crippen molar-refractivity contribution in [3.63, 3.8) is 0 Å². The van der Waals surface area contributed by atoms with Crippen LogP contribution in [0.1, 0.15) is 34.7 Å². The standard InChI is InChI=1S/C24H26N6O3/c1-14-15(2)23-18(24(32)30(13-26-23)21-6-7-33-12-22(21)31)9-17(14)8-16-4-5-19(25-10-16)20-11-29(3)28-27-20/h4-5,9-11,13,21-22,31H,6-8,12H2,1-3H3/t21-,22-/m0/s1. The zero-order valence-corrected chi connectivity index (χ0v) is 18.9. The molecule has 1 aliphatic heterocycles. The van der Waals surface area contributed by atoms with E-state index in [9.17, 15) is 9.90 Å². The number of hydrogen-bond donors (Lipinski definition) is 1. The number of rotatable bonds is 4. The van der Waals surface area contributed by atoms with Crippen molar-refractivity contribution in [1.29, 1.82) is 0 Å². The van der Waals surface area contributed by atoms with Crippen molar-refractivity contribution in [2.24, 2.45) is 7.05 Å². The first-order chi connectivity index (χ1) is 15.9. The number of hydrogen-bond acceptors (Lipinski definition) is 7. The van der Waals surface area contributed by atoms with Gasteiger partial charge >= 0.3 is 0 Å². The van der Waals surface area contributed by atoms with E-state index < -0.39 is 6.10 Å². The van der Waals surface area contributed by atoms with Gasteiger partial charge in [0.05, 0.1) is 47.9 Å². The minimum Gasteiger partial charge on any atom is -0.389 e. The van der Waals surface area contributed by atoms with E-state index in [0.717, 1.165) is 33.6 Å². The summed E-state index contributed by atoms with van der Waals surface area (Å²) in [6.45, 7) is 4.80. The second-order valence-electron chi connectivity index (χ2n) is 8.64. The lowest BCUT2D eigenvalue weighted by atomic mass is 9.95. The van der Waals surface area contributed by atoms with E-state index in [1.807, 2.05) is 44.6 Å². The van der Waals surface area contributed by atoms with Gasteiger partial charge in [-0.2, -0.15) is 0 Å². The van der Waals surface area contributed by atoms with Gasteiger partial charge < -0.3 is 9.84 Å². The van der Waals surface area contributed by atoms with Crippen LogP contribution >= 0.6 is 0 Å². The molecule has 33 heavy (non-hydrogen) atoms. The number of aliphatic hydroxyl groups excluding tert-OH is 1. The molecule has 0 radical (unpaired) electrons. The fourth-order valence-corrected chi connectivity index (χ4v) is 4.43. The topological polar surface area (TPSA) is 108 Å². The molecule has 0 amide bonds. The quantitative estimate of drug-likeness (QED) is 0.512. The van der Waals surface area contributed by atoms with Gasteiger partial charge in [0.25, 0.3) is 5.56 Å². The van der Waals surface area contributed by atoms with E-state index >= 15 is 0 Å². The van der Waals surface area contributed by atoms with Crippen molar-refractivity contribution >= 4 is 10.9 Å². The van der Waals surface area contributed by atoms with Crippen LogP contribution in [0.2, 0.25) is 0 Å². The normalized spacial score (nSPS) is 18.7. The molecule has 0 unspecified atom stereocenters. The van der Waals surface area contributed by atoms with E-state index in [4.69, 9.17) is 4.74 Å². The van der Waals surface area contributed by atoms with Gasteiger partial charge in [-0.3, -0.25) is 19.0 Å². The molecule has 9 nitrogen and oxygen atoms in total. The van der Waals surface area contributed by atoms with Gasteiger partial charge in [-0.15, -0.1) is 5.10 Å². The summed E-state index contributed by atoms with van der Waals surface area (Å²) in [4.78, 5) is 22.5. The highest BCUT2D eigenvalue weighted by Crippen LogP contribution is 2.26. The number of aromatic nitrogens is 6. The maximum atomic E-state index is 13.4. The molecule has 1 fully saturated rings. The summed E-state index contributed by atoms with van der Waals surface area (Å²) in [5.74, 6) is 0. The number of aliphatic hydroxyl groups is 1. The third kappa shape index (κ3) is 3.94. The zero-order chi connectivity index (χ0) is 23.1. The van der Waals surface area contributed by atoms with Crippen molar-refractivity contribution < 1.29 is 9.84 Å². The van der Waals surface area contributed by atoms with Crippen molar-refractivity contribution in [2.75, 3.05) is 13.2 Å². The van der Waals surface area contributed by atoms with Crippen molar-refractivity contribution in [2.45, 2.75) is 38.8 Å². The fraction of sp³-hybridized carbons (Fsp3) is 0.375. The molecule has 4 aromatic rings. The third-order valence-corrected chi connectivity index (χ3v) is 6.48. The molecule has 5 rings (SSSR count). The molecule has 9 heteroatoms. The molecule has 0 bridgehead atoms. The van der Waals surface area contributed by atoms with Crippen LogP contribution < -0.4 is 5.56 Å². The summed E-state index contributed by atoms with van der Waals surface area (Å²) in [5, 5.41) is 19.0. The van der Waals surface area contributed by atoms with Crippen LogP contribution in [0.15, 0.2) is 41.7 Å². The van der Waals surface area contributed by atoms with E-state index in [1.54, 1.807) is 15.6 Å². The molecule has 4 heterocycles. The number of pyridine rings is 1. The molecule has 3 aromatic heterocycles. The summed E-state index contributed by atoms with van der Waals surface area (Å²) < 4.78 is 8.52. The molecule has 1 aliphatic rings. The highest BCUT2D eigenvalue weighted by Gasteiger charge is 2.27. The van der Waals surface area contributed by atoms with E-state index in [1.165, 1.54) is 0 Å². The SMILES string of the molecule is Cc1c(Cc2ccc(-c3cn(C)nn3)nc2)cc2c(=O)n([C@H]3CCOC[C@@H]3O)cnc2c1C. The van der Waals surface area contributed by atoms with Crippen LogP contribution in [-0.4, -0.2) is 54.0 Å². The maximum Gasteiger partial charge on any atom is 0.261 e. The van der Waals surface area contributed by atoms with Gasteiger partial charge in [-0.05, 0) is 61.1 Å². The lowest BCUT2D eigenvalue weighted by Crippen LogP contribution is -2.39. The second-order valence-corrected chi connectivity index (χ2v) is 8.64. The summed E-state index contributed by atoms with van der Waals surface area (Å²) in [6, 6.07) is 5.57. The first-order valence-corrected chi connectivity index (χ1v) is 11.0. The van der Waals surface area contributed by atoms with Crippen LogP contribution in [0, 0.1) is 13.8 Å². The highest BCUT2D eigenvalue weighted by molar-refractivity contribution is 5.83. The third-order valence-electron chi connectivity index (χ3n) is 6.48. The first kappa shape index (κ1) is 21.4. The predicted octanol–water partition coefficient (Wildman–Crippen LogP) is 2.12. The van der Waals surface area contributed by atoms with Crippen molar-refractivity contribution in [3.8, 4) is 11.4 Å². The summed E-state index contributed by atoms with van der Waals surface area (Å²) in [6.07, 6.45) is 5.72. The van der Waals surface area contributed by atoms with Crippen LogP contribution in [0.4, 0.5) is 0 Å². The summed E-state index contributed by atoms with van der Waals surface area (Å²) >= 11 is 0. The second kappa shape index (κ2) is 8.49. The summed E-state index contributed by atoms with van der Waals surface area (Å²) in [5.41, 5.74) is 6.25. The minimum absolute atomic E-state index is 0.133. The number of ether oxygens (including phenoxy) is 1. The molecular weight excluding hydrogens is 420 g/mol. The Balaban J connectivity index is 1.51. The number of aryl methyl sites for hydroxylation is 2. The molecule has 2 atom stereocenters. The Morgan fingerprint density at radius 3 is 2.73 bits per heavy atom. The van der Waals surface area contributed by atoms with E-state index in [2.05, 4.69) is 27.2 Å². The van der Waals surface area contributed by atoms with Crippen LogP contribution in [0.3, 0.4) is 0 Å². The van der Waals surface area contributed by atoms with Crippen LogP contribution in [0.25, 0.3) is 22.3 Å². The maximum absolute atomic E-state index is 13.4. The van der Waals surface area contributed by atoms with Gasteiger partial charge in [0.2, 0.25) is 0 Å². The van der Waals surface area contributed by atoms with Gasteiger partial charge in [-0.1, -0.05) is 11.3 Å². The van der Waals surface area contributed by atoms with Crippen molar-refractivity contribution in [1.82, 2.24) is 29.5 Å².